The predicted octanol–water partition coefficient (Wildman–Crippen LogP) is 0.0878. The van der Waals surface area contributed by atoms with Crippen molar-refractivity contribution in [3.63, 3.8) is 0 Å². The van der Waals surface area contributed by atoms with E-state index in [0.717, 1.165) is 12.5 Å². The van der Waals surface area contributed by atoms with Gasteiger partial charge in [-0.2, -0.15) is 0 Å². The monoisotopic (exact) mass is 337 g/mol. The number of rotatable bonds is 4. The molecule has 9 nitrogen and oxygen atoms in total. The smallest absolute Gasteiger partial charge is 0.325 e. The zero-order chi connectivity index (χ0) is 18.5. The third kappa shape index (κ3) is 4.29. The van der Waals surface area contributed by atoms with Crippen molar-refractivity contribution in [2.75, 3.05) is 6.54 Å². The molecule has 1 aliphatic rings. The first-order valence-electron chi connectivity index (χ1n) is 6.96. The van der Waals surface area contributed by atoms with Gasteiger partial charge < -0.3 is 21.3 Å². The van der Waals surface area contributed by atoms with Gasteiger partial charge in [0.15, 0.2) is 0 Å². The van der Waals surface area contributed by atoms with Crippen LogP contribution in [0.2, 0.25) is 0 Å². The molecule has 1 fully saturated rings. The Hall–Kier alpha value is -2.94. The SMILES string of the molecule is CC(=O)O.C[C@]1(c2ccc(CN)cc2)NC(=O)N(CC(=O)O)C1=O. The second kappa shape index (κ2) is 7.55. The second-order valence-corrected chi connectivity index (χ2v) is 5.26. The van der Waals surface area contributed by atoms with Crippen LogP contribution in [0.25, 0.3) is 0 Å². The molecule has 0 saturated carbocycles. The summed E-state index contributed by atoms with van der Waals surface area (Å²) in [6.07, 6.45) is 0. The van der Waals surface area contributed by atoms with E-state index in [1.165, 1.54) is 0 Å². The molecule has 0 spiro atoms. The van der Waals surface area contributed by atoms with Crippen molar-refractivity contribution in [3.05, 3.63) is 35.4 Å². The minimum atomic E-state index is -1.25. The minimum absolute atomic E-state index is 0.377. The van der Waals surface area contributed by atoms with Crippen molar-refractivity contribution >= 4 is 23.9 Å². The maximum absolute atomic E-state index is 12.3. The highest BCUT2D eigenvalue weighted by Crippen LogP contribution is 2.28. The third-order valence-corrected chi connectivity index (χ3v) is 3.34. The molecule has 9 heteroatoms. The van der Waals surface area contributed by atoms with E-state index >= 15 is 0 Å². The summed E-state index contributed by atoms with van der Waals surface area (Å²) < 4.78 is 0. The van der Waals surface area contributed by atoms with Crippen molar-refractivity contribution in [1.29, 1.82) is 0 Å². The second-order valence-electron chi connectivity index (χ2n) is 5.26. The van der Waals surface area contributed by atoms with Crippen molar-refractivity contribution in [2.24, 2.45) is 5.73 Å². The first kappa shape index (κ1) is 19.1. The van der Waals surface area contributed by atoms with Gasteiger partial charge in [0.1, 0.15) is 12.1 Å². The maximum atomic E-state index is 12.3. The molecule has 1 aromatic carbocycles. The number of hydrogen-bond acceptors (Lipinski definition) is 5. The number of carboxylic acid groups (broad SMARTS) is 2. The molecule has 0 unspecified atom stereocenters. The third-order valence-electron chi connectivity index (χ3n) is 3.34. The fourth-order valence-electron chi connectivity index (χ4n) is 2.15. The zero-order valence-corrected chi connectivity index (χ0v) is 13.3. The van der Waals surface area contributed by atoms with Gasteiger partial charge in [-0.3, -0.25) is 19.3 Å². The Bertz CT molecular complexity index is 654. The highest BCUT2D eigenvalue weighted by Gasteiger charge is 2.49. The summed E-state index contributed by atoms with van der Waals surface area (Å²) in [5.74, 6) is -2.65. The molecular weight excluding hydrogens is 318 g/mol. The zero-order valence-electron chi connectivity index (χ0n) is 13.3. The number of nitrogens with two attached hydrogens (primary N) is 1. The van der Waals surface area contributed by atoms with Gasteiger partial charge in [-0.15, -0.1) is 0 Å². The number of imide groups is 1. The lowest BCUT2D eigenvalue weighted by molar-refractivity contribution is -0.142. The van der Waals surface area contributed by atoms with Crippen LogP contribution in [-0.2, 0) is 26.5 Å². The average molecular weight is 337 g/mol. The summed E-state index contributed by atoms with van der Waals surface area (Å²) in [6.45, 7) is 2.36. The molecule has 130 valence electrons. The average Bonchev–Trinajstić information content (AvgIpc) is 2.71. The van der Waals surface area contributed by atoms with Crippen LogP contribution in [-0.4, -0.2) is 45.5 Å². The lowest BCUT2D eigenvalue weighted by Crippen LogP contribution is -2.41. The molecular formula is C15H19N3O6. The van der Waals surface area contributed by atoms with Crippen LogP contribution >= 0.6 is 0 Å². The lowest BCUT2D eigenvalue weighted by atomic mass is 9.91. The van der Waals surface area contributed by atoms with E-state index < -0.39 is 36.0 Å². The molecule has 3 amide bonds. The van der Waals surface area contributed by atoms with Crippen molar-refractivity contribution in [3.8, 4) is 0 Å². The quantitative estimate of drug-likeness (QED) is 0.568. The molecule has 0 bridgehead atoms. The highest BCUT2D eigenvalue weighted by molar-refractivity contribution is 6.08. The Morgan fingerprint density at radius 1 is 1.21 bits per heavy atom. The molecule has 5 N–H and O–H groups in total. The molecule has 2 rings (SSSR count). The summed E-state index contributed by atoms with van der Waals surface area (Å²) in [5.41, 5.74) is 5.74. The lowest BCUT2D eigenvalue weighted by Gasteiger charge is -2.22. The van der Waals surface area contributed by atoms with E-state index in [9.17, 15) is 14.4 Å². The van der Waals surface area contributed by atoms with Crippen molar-refractivity contribution < 1.29 is 29.4 Å². The van der Waals surface area contributed by atoms with Crippen molar-refractivity contribution in [2.45, 2.75) is 25.9 Å². The van der Waals surface area contributed by atoms with E-state index in [2.05, 4.69) is 5.32 Å². The standard InChI is InChI=1S/C13H15N3O4.C2H4O2/c1-13(9-4-2-8(6-14)3-5-9)11(19)16(7-10(17)18)12(20)15-13;1-2(3)4/h2-5H,6-7,14H2,1H3,(H,15,20)(H,17,18);1H3,(H,3,4)/t13-;/m1./s1. The van der Waals surface area contributed by atoms with E-state index in [-0.39, 0.29) is 0 Å². The van der Waals surface area contributed by atoms with Crippen LogP contribution < -0.4 is 11.1 Å². The molecule has 24 heavy (non-hydrogen) atoms. The van der Waals surface area contributed by atoms with Gasteiger partial charge in [0.25, 0.3) is 11.9 Å². The van der Waals surface area contributed by atoms with Crippen LogP contribution in [0.1, 0.15) is 25.0 Å². The van der Waals surface area contributed by atoms with Gasteiger partial charge in [-0.05, 0) is 18.1 Å². The Morgan fingerprint density at radius 2 is 1.71 bits per heavy atom. The molecule has 1 heterocycles. The first-order chi connectivity index (χ1) is 11.1. The van der Waals surface area contributed by atoms with Crippen LogP contribution in [0.4, 0.5) is 4.79 Å². The number of nitrogens with zero attached hydrogens (tertiary/aromatic N) is 1. The van der Waals surface area contributed by atoms with Crippen LogP contribution in [0.3, 0.4) is 0 Å². The minimum Gasteiger partial charge on any atom is -0.481 e. The van der Waals surface area contributed by atoms with Gasteiger partial charge in [0.2, 0.25) is 0 Å². The number of urea groups is 1. The van der Waals surface area contributed by atoms with E-state index in [1.807, 2.05) is 0 Å². The summed E-state index contributed by atoms with van der Waals surface area (Å²) >= 11 is 0. The maximum Gasteiger partial charge on any atom is 0.325 e. The Labute approximate surface area is 138 Å². The molecule has 1 aromatic rings. The summed E-state index contributed by atoms with van der Waals surface area (Å²) in [6, 6.07) is 6.22. The number of hydrogen-bond donors (Lipinski definition) is 4. The van der Waals surface area contributed by atoms with Gasteiger partial charge in [-0.25, -0.2) is 4.79 Å². The van der Waals surface area contributed by atoms with E-state index in [4.69, 9.17) is 20.7 Å². The number of benzene rings is 1. The summed E-state index contributed by atoms with van der Waals surface area (Å²) in [5, 5.41) is 18.7. The first-order valence-corrected chi connectivity index (χ1v) is 6.96. The number of carboxylic acids is 2. The molecule has 1 atom stereocenters. The number of amides is 3. The number of carbonyl (C=O) groups excluding carboxylic acids is 2. The fourth-order valence-corrected chi connectivity index (χ4v) is 2.15. The topological polar surface area (TPSA) is 150 Å². The largest absolute Gasteiger partial charge is 0.481 e. The summed E-state index contributed by atoms with van der Waals surface area (Å²) in [4.78, 5) is 44.4. The highest BCUT2D eigenvalue weighted by atomic mass is 16.4. The van der Waals surface area contributed by atoms with Gasteiger partial charge >= 0.3 is 12.0 Å². The predicted molar refractivity (Wildman–Crippen MR) is 82.9 cm³/mol. The fraction of sp³-hybridized carbons (Fsp3) is 0.333. The number of carbonyl (C=O) groups is 4. The Balaban J connectivity index is 0.000000648. The van der Waals surface area contributed by atoms with Crippen LogP contribution in [0.15, 0.2) is 24.3 Å². The van der Waals surface area contributed by atoms with E-state index in [1.54, 1.807) is 31.2 Å². The van der Waals surface area contributed by atoms with Gasteiger partial charge in [0, 0.05) is 13.5 Å². The van der Waals surface area contributed by atoms with Gasteiger partial charge in [-0.1, -0.05) is 24.3 Å². The molecule has 0 aliphatic carbocycles. The van der Waals surface area contributed by atoms with Crippen molar-refractivity contribution in [1.82, 2.24) is 10.2 Å². The normalized spacial score (nSPS) is 19.4. The van der Waals surface area contributed by atoms with Gasteiger partial charge in [0.05, 0.1) is 0 Å². The van der Waals surface area contributed by atoms with Crippen LogP contribution in [0, 0.1) is 0 Å². The van der Waals surface area contributed by atoms with E-state index in [0.29, 0.717) is 17.0 Å². The molecule has 0 aromatic heterocycles. The molecule has 1 aliphatic heterocycles. The molecule has 1 saturated heterocycles. The Kier molecular flexibility index (Phi) is 6.01. The summed E-state index contributed by atoms with van der Waals surface area (Å²) in [7, 11) is 0. The Morgan fingerprint density at radius 3 is 2.12 bits per heavy atom. The molecule has 0 radical (unpaired) electrons. The number of nitrogens with one attached hydrogen (secondary N) is 1. The van der Waals surface area contributed by atoms with Crippen LogP contribution in [0.5, 0.6) is 0 Å². The number of aliphatic carboxylic acids is 2.